The van der Waals surface area contributed by atoms with Crippen LogP contribution in [0.4, 0.5) is 10.1 Å². The average Bonchev–Trinajstić information content (AvgIpc) is 2.30. The Labute approximate surface area is 135 Å². The highest BCUT2D eigenvalue weighted by Gasteiger charge is 2.09. The zero-order chi connectivity index (χ0) is 14.0. The van der Waals surface area contributed by atoms with E-state index in [2.05, 4.69) is 47.8 Å². The molecule has 0 aromatic heterocycles. The molecule has 2 nitrogen and oxygen atoms in total. The van der Waals surface area contributed by atoms with Gasteiger partial charge in [-0.3, -0.25) is 0 Å². The van der Waals surface area contributed by atoms with Crippen molar-refractivity contribution in [3.8, 4) is 5.75 Å². The number of hydrogen-bond acceptors (Lipinski definition) is 2. The van der Waals surface area contributed by atoms with E-state index in [0.29, 0.717) is 11.4 Å². The SMILES string of the molecule is Nc1cc(F)ccc1COc1c(Br)cc(Br)cc1Br. The van der Waals surface area contributed by atoms with Crippen LogP contribution >= 0.6 is 47.8 Å². The molecule has 0 bridgehead atoms. The Morgan fingerprint density at radius 2 is 1.68 bits per heavy atom. The fourth-order valence-electron chi connectivity index (χ4n) is 1.51. The summed E-state index contributed by atoms with van der Waals surface area (Å²) in [6.07, 6.45) is 0. The summed E-state index contributed by atoms with van der Waals surface area (Å²) in [6, 6.07) is 8.03. The van der Waals surface area contributed by atoms with Crippen molar-refractivity contribution in [2.45, 2.75) is 6.61 Å². The zero-order valence-electron chi connectivity index (χ0n) is 9.59. The number of rotatable bonds is 3. The highest BCUT2D eigenvalue weighted by Crippen LogP contribution is 2.37. The third kappa shape index (κ3) is 3.70. The lowest BCUT2D eigenvalue weighted by atomic mass is 10.2. The van der Waals surface area contributed by atoms with Gasteiger partial charge in [0.15, 0.2) is 0 Å². The van der Waals surface area contributed by atoms with Crippen LogP contribution < -0.4 is 10.5 Å². The molecular weight excluding hydrogens is 445 g/mol. The minimum Gasteiger partial charge on any atom is -0.486 e. The first kappa shape index (κ1) is 14.8. The zero-order valence-corrected chi connectivity index (χ0v) is 14.3. The van der Waals surface area contributed by atoms with Crippen molar-refractivity contribution in [3.05, 3.63) is 55.1 Å². The maximum atomic E-state index is 12.9. The van der Waals surface area contributed by atoms with Crippen LogP contribution in [-0.4, -0.2) is 0 Å². The fraction of sp³-hybridized carbons (Fsp3) is 0.0769. The first-order chi connectivity index (χ1) is 8.97. The van der Waals surface area contributed by atoms with Gasteiger partial charge in [-0.1, -0.05) is 22.0 Å². The standard InChI is InChI=1S/C13H9Br3FNO/c14-8-3-10(15)13(11(16)4-8)19-6-7-1-2-9(17)5-12(7)18/h1-5H,6,18H2. The summed E-state index contributed by atoms with van der Waals surface area (Å²) in [5.74, 6) is 0.319. The molecule has 0 atom stereocenters. The molecule has 0 unspecified atom stereocenters. The lowest BCUT2D eigenvalue weighted by Gasteiger charge is -2.12. The van der Waals surface area contributed by atoms with Gasteiger partial charge in [0.05, 0.1) is 8.95 Å². The van der Waals surface area contributed by atoms with Crippen molar-refractivity contribution >= 4 is 53.5 Å². The minimum atomic E-state index is -0.354. The van der Waals surface area contributed by atoms with Crippen LogP contribution in [0, 0.1) is 5.82 Å². The van der Waals surface area contributed by atoms with Crippen LogP contribution in [0.2, 0.25) is 0 Å². The quantitative estimate of drug-likeness (QED) is 0.642. The van der Waals surface area contributed by atoms with Gasteiger partial charge in [0.25, 0.3) is 0 Å². The number of nitrogen functional groups attached to an aromatic ring is 1. The molecule has 2 N–H and O–H groups in total. The summed E-state index contributed by atoms with van der Waals surface area (Å²) in [5, 5.41) is 0. The van der Waals surface area contributed by atoms with Crippen molar-refractivity contribution in [1.29, 1.82) is 0 Å². The van der Waals surface area contributed by atoms with Gasteiger partial charge in [0.1, 0.15) is 18.2 Å². The molecule has 0 saturated carbocycles. The van der Waals surface area contributed by atoms with E-state index in [9.17, 15) is 4.39 Å². The van der Waals surface area contributed by atoms with Gasteiger partial charge in [-0.05, 0) is 56.1 Å². The summed E-state index contributed by atoms with van der Waals surface area (Å²) >= 11 is 10.2. The van der Waals surface area contributed by atoms with E-state index in [1.165, 1.54) is 12.1 Å². The highest BCUT2D eigenvalue weighted by molar-refractivity contribution is 9.11. The largest absolute Gasteiger partial charge is 0.486 e. The van der Waals surface area contributed by atoms with E-state index < -0.39 is 0 Å². The van der Waals surface area contributed by atoms with Crippen molar-refractivity contribution in [1.82, 2.24) is 0 Å². The predicted octanol–water partition coefficient (Wildman–Crippen LogP) is 5.27. The Morgan fingerprint density at radius 3 is 2.26 bits per heavy atom. The average molecular weight is 454 g/mol. The Hall–Kier alpha value is -0.590. The first-order valence-electron chi connectivity index (χ1n) is 5.28. The van der Waals surface area contributed by atoms with Crippen LogP contribution in [-0.2, 0) is 6.61 Å². The molecule has 0 radical (unpaired) electrons. The van der Waals surface area contributed by atoms with Gasteiger partial charge < -0.3 is 10.5 Å². The highest BCUT2D eigenvalue weighted by atomic mass is 79.9. The molecule has 100 valence electrons. The normalized spacial score (nSPS) is 10.5. The Morgan fingerprint density at radius 1 is 1.05 bits per heavy atom. The van der Waals surface area contributed by atoms with E-state index in [0.717, 1.165) is 19.0 Å². The Balaban J connectivity index is 2.19. The molecule has 2 aromatic rings. The van der Waals surface area contributed by atoms with Crippen molar-refractivity contribution in [2.24, 2.45) is 0 Å². The molecule has 0 aliphatic carbocycles. The van der Waals surface area contributed by atoms with E-state index in [-0.39, 0.29) is 12.4 Å². The number of ether oxygens (including phenoxy) is 1. The molecule has 6 heteroatoms. The molecule has 0 amide bonds. The summed E-state index contributed by atoms with van der Waals surface area (Å²) in [5.41, 5.74) is 6.85. The van der Waals surface area contributed by atoms with E-state index in [4.69, 9.17) is 10.5 Å². The second kappa shape index (κ2) is 6.24. The van der Waals surface area contributed by atoms with Gasteiger partial charge >= 0.3 is 0 Å². The van der Waals surface area contributed by atoms with Gasteiger partial charge in [0, 0.05) is 15.7 Å². The lowest BCUT2D eigenvalue weighted by molar-refractivity contribution is 0.303. The summed E-state index contributed by atoms with van der Waals surface area (Å²) in [4.78, 5) is 0. The third-order valence-corrected chi connectivity index (χ3v) is 4.08. The molecule has 0 spiro atoms. The van der Waals surface area contributed by atoms with E-state index >= 15 is 0 Å². The summed E-state index contributed by atoms with van der Waals surface area (Å²) < 4.78 is 21.2. The molecule has 2 aromatic carbocycles. The van der Waals surface area contributed by atoms with Crippen molar-refractivity contribution in [2.75, 3.05) is 5.73 Å². The Bertz CT molecular complexity index is 596. The van der Waals surface area contributed by atoms with Crippen LogP contribution in [0.15, 0.2) is 43.7 Å². The number of anilines is 1. The van der Waals surface area contributed by atoms with Crippen LogP contribution in [0.1, 0.15) is 5.56 Å². The lowest BCUT2D eigenvalue weighted by Crippen LogP contribution is -2.01. The number of halogens is 4. The molecule has 19 heavy (non-hydrogen) atoms. The molecule has 0 fully saturated rings. The molecular formula is C13H9Br3FNO. The molecule has 0 aliphatic rings. The van der Waals surface area contributed by atoms with Crippen molar-refractivity contribution in [3.63, 3.8) is 0 Å². The maximum absolute atomic E-state index is 12.9. The van der Waals surface area contributed by atoms with Gasteiger partial charge in [0.2, 0.25) is 0 Å². The monoisotopic (exact) mass is 451 g/mol. The van der Waals surface area contributed by atoms with Crippen LogP contribution in [0.5, 0.6) is 5.75 Å². The van der Waals surface area contributed by atoms with E-state index in [1.54, 1.807) is 6.07 Å². The summed E-state index contributed by atoms with van der Waals surface area (Å²) in [6.45, 7) is 0.269. The maximum Gasteiger partial charge on any atom is 0.148 e. The molecule has 2 rings (SSSR count). The first-order valence-corrected chi connectivity index (χ1v) is 7.66. The van der Waals surface area contributed by atoms with Crippen LogP contribution in [0.3, 0.4) is 0 Å². The fourth-order valence-corrected chi connectivity index (χ4v) is 4.00. The second-order valence-electron chi connectivity index (χ2n) is 3.83. The van der Waals surface area contributed by atoms with Gasteiger partial charge in [-0.2, -0.15) is 0 Å². The molecule has 0 saturated heterocycles. The van der Waals surface area contributed by atoms with E-state index in [1.807, 2.05) is 12.1 Å². The van der Waals surface area contributed by atoms with Crippen molar-refractivity contribution < 1.29 is 9.13 Å². The van der Waals surface area contributed by atoms with Gasteiger partial charge in [-0.25, -0.2) is 4.39 Å². The topological polar surface area (TPSA) is 35.2 Å². The van der Waals surface area contributed by atoms with Gasteiger partial charge in [-0.15, -0.1) is 0 Å². The molecule has 0 aliphatic heterocycles. The number of hydrogen-bond donors (Lipinski definition) is 1. The number of benzene rings is 2. The smallest absolute Gasteiger partial charge is 0.148 e. The molecule has 0 heterocycles. The Kier molecular flexibility index (Phi) is 4.86. The minimum absolute atomic E-state index is 0.269. The number of nitrogens with two attached hydrogens (primary N) is 1. The predicted molar refractivity (Wildman–Crippen MR) is 84.7 cm³/mol. The third-order valence-electron chi connectivity index (χ3n) is 2.44. The van der Waals surface area contributed by atoms with Crippen LogP contribution in [0.25, 0.3) is 0 Å². The second-order valence-corrected chi connectivity index (χ2v) is 6.45. The summed E-state index contributed by atoms with van der Waals surface area (Å²) in [7, 11) is 0.